The predicted molar refractivity (Wildman–Crippen MR) is 177 cm³/mol. The maximum atomic E-state index is 14.3. The van der Waals surface area contributed by atoms with Crippen LogP contribution in [0.25, 0.3) is 10.8 Å². The van der Waals surface area contributed by atoms with E-state index in [1.165, 1.54) is 0 Å². The second-order valence-corrected chi connectivity index (χ2v) is 14.9. The maximum absolute atomic E-state index is 14.3. The number of fused-ring (bicyclic) bond motifs is 1. The van der Waals surface area contributed by atoms with Crippen molar-refractivity contribution < 1.29 is 24.2 Å². The first-order valence-corrected chi connectivity index (χ1v) is 16.1. The lowest BCUT2D eigenvalue weighted by molar-refractivity contribution is -0.137. The Hall–Kier alpha value is -3.61. The Morgan fingerprint density at radius 3 is 2.11 bits per heavy atom. The third kappa shape index (κ3) is 6.03. The average molecular weight is 647 g/mol. The number of ketones is 2. The number of hydrogen-bond donors (Lipinski definition) is 1. The number of ether oxygens (including phenoxy) is 1. The van der Waals surface area contributed by atoms with Gasteiger partial charge in [-0.25, -0.2) is 0 Å². The largest absolute Gasteiger partial charge is 0.489 e. The zero-order valence-corrected chi connectivity index (χ0v) is 27.5. The monoisotopic (exact) mass is 645 g/mol. The molecule has 3 aliphatic rings. The maximum Gasteiger partial charge on any atom is 0.305 e. The molecule has 0 amide bonds. The van der Waals surface area contributed by atoms with Gasteiger partial charge in [0.2, 0.25) is 0 Å². The first-order chi connectivity index (χ1) is 21.2. The molecule has 8 heteroatoms. The van der Waals surface area contributed by atoms with Crippen molar-refractivity contribution in [2.24, 2.45) is 10.8 Å². The fourth-order valence-corrected chi connectivity index (χ4v) is 7.77. The summed E-state index contributed by atoms with van der Waals surface area (Å²) in [5.41, 5.74) is 3.70. The molecule has 0 bridgehead atoms. The summed E-state index contributed by atoms with van der Waals surface area (Å²) in [5, 5.41) is 12.6. The molecule has 0 fully saturated rings. The summed E-state index contributed by atoms with van der Waals surface area (Å²) in [5.74, 6) is -1.04. The molecule has 1 N–H and O–H groups in total. The number of carbonyl (C=O) groups is 3. The molecular weight excluding hydrogens is 609 g/mol. The van der Waals surface area contributed by atoms with Gasteiger partial charge in [-0.3, -0.25) is 14.4 Å². The Kier molecular flexibility index (Phi) is 8.11. The molecule has 0 radical (unpaired) electrons. The Labute approximate surface area is 273 Å². The van der Waals surface area contributed by atoms with Gasteiger partial charge in [-0.1, -0.05) is 87.3 Å². The van der Waals surface area contributed by atoms with Gasteiger partial charge in [-0.15, -0.1) is 0 Å². The molecule has 0 saturated heterocycles. The summed E-state index contributed by atoms with van der Waals surface area (Å²) in [6.07, 6.45) is 1.75. The molecule has 1 heterocycles. The standard InChI is InChI=1S/C37H37Cl2NO5/c1-36(2)16-26-33(28(41)18-36)35(34-27(40(26)14-13-31(43)44)17-37(3,4)19-29(34)42)32-24-8-6-5-7-21(24)10-12-30(32)45-20-22-9-11-23(38)15-25(22)39/h5-12,15,35H,13-14,16-20H2,1-4H3,(H,43,44). The van der Waals surface area contributed by atoms with Crippen molar-refractivity contribution in [2.45, 2.75) is 72.3 Å². The van der Waals surface area contributed by atoms with E-state index >= 15 is 0 Å². The molecule has 0 aromatic heterocycles. The summed E-state index contributed by atoms with van der Waals surface area (Å²) in [6.45, 7) is 8.64. The molecule has 6 nitrogen and oxygen atoms in total. The number of benzene rings is 3. The molecule has 1 aliphatic heterocycles. The van der Waals surface area contributed by atoms with E-state index in [1.54, 1.807) is 12.1 Å². The van der Waals surface area contributed by atoms with Gasteiger partial charge in [0, 0.05) is 69.0 Å². The Balaban J connectivity index is 1.61. The van der Waals surface area contributed by atoms with E-state index in [9.17, 15) is 19.5 Å². The second kappa shape index (κ2) is 11.6. The van der Waals surface area contributed by atoms with Crippen LogP contribution in [0.3, 0.4) is 0 Å². The molecule has 0 saturated carbocycles. The highest BCUT2D eigenvalue weighted by Crippen LogP contribution is 2.56. The highest BCUT2D eigenvalue weighted by molar-refractivity contribution is 6.35. The molecule has 3 aromatic carbocycles. The molecule has 0 spiro atoms. The minimum atomic E-state index is -0.921. The van der Waals surface area contributed by atoms with Gasteiger partial charge in [0.05, 0.1) is 6.42 Å². The SMILES string of the molecule is CC1(C)CC(=O)C2=C(C1)N(CCC(=O)O)C1=C(C(=O)CC(C)(C)C1)C2c1c(OCc2ccc(Cl)cc2Cl)ccc2ccccc12. The highest BCUT2D eigenvalue weighted by Gasteiger charge is 2.50. The van der Waals surface area contributed by atoms with E-state index in [0.29, 0.717) is 52.6 Å². The van der Waals surface area contributed by atoms with Gasteiger partial charge in [-0.2, -0.15) is 0 Å². The first kappa shape index (κ1) is 31.4. The molecule has 3 aromatic rings. The van der Waals surface area contributed by atoms with Crippen LogP contribution in [0.2, 0.25) is 10.0 Å². The van der Waals surface area contributed by atoms with Crippen LogP contribution in [0, 0.1) is 10.8 Å². The Morgan fingerprint density at radius 1 is 0.889 bits per heavy atom. The normalized spacial score (nSPS) is 19.6. The predicted octanol–water partition coefficient (Wildman–Crippen LogP) is 8.89. The van der Waals surface area contributed by atoms with Crippen molar-refractivity contribution in [3.8, 4) is 5.75 Å². The van der Waals surface area contributed by atoms with Gasteiger partial charge in [0.1, 0.15) is 12.4 Å². The van der Waals surface area contributed by atoms with Crippen molar-refractivity contribution in [1.29, 1.82) is 0 Å². The number of aliphatic carboxylic acids is 1. The smallest absolute Gasteiger partial charge is 0.305 e. The Morgan fingerprint density at radius 2 is 1.51 bits per heavy atom. The van der Waals surface area contributed by atoms with Crippen molar-refractivity contribution >= 4 is 51.5 Å². The number of allylic oxidation sites excluding steroid dienone is 4. The number of rotatable bonds is 7. The van der Waals surface area contributed by atoms with E-state index in [0.717, 1.165) is 33.3 Å². The summed E-state index contributed by atoms with van der Waals surface area (Å²) in [4.78, 5) is 42.5. The van der Waals surface area contributed by atoms with Crippen molar-refractivity contribution in [3.05, 3.63) is 98.3 Å². The molecule has 0 atom stereocenters. The minimum absolute atomic E-state index is 0.0182. The van der Waals surface area contributed by atoms with Crippen LogP contribution in [0.5, 0.6) is 5.75 Å². The van der Waals surface area contributed by atoms with Crippen molar-refractivity contribution in [3.63, 3.8) is 0 Å². The number of carboxylic acids is 1. The van der Waals surface area contributed by atoms with E-state index in [4.69, 9.17) is 27.9 Å². The lowest BCUT2D eigenvalue weighted by Crippen LogP contribution is -2.45. The molecular formula is C37H37Cl2NO5. The van der Waals surface area contributed by atoms with Gasteiger partial charge in [0.25, 0.3) is 0 Å². The summed E-state index contributed by atoms with van der Waals surface area (Å²) >= 11 is 12.6. The van der Waals surface area contributed by atoms with Gasteiger partial charge >= 0.3 is 5.97 Å². The van der Waals surface area contributed by atoms with Crippen LogP contribution in [0.4, 0.5) is 0 Å². The van der Waals surface area contributed by atoms with Crippen molar-refractivity contribution in [1.82, 2.24) is 4.90 Å². The average Bonchev–Trinajstić information content (AvgIpc) is 2.93. The van der Waals surface area contributed by atoms with Gasteiger partial charge < -0.3 is 14.7 Å². The molecule has 2 aliphatic carbocycles. The summed E-state index contributed by atoms with van der Waals surface area (Å²) < 4.78 is 6.54. The van der Waals surface area contributed by atoms with Crippen LogP contribution in [-0.4, -0.2) is 34.1 Å². The summed E-state index contributed by atoms with van der Waals surface area (Å²) in [7, 11) is 0. The van der Waals surface area contributed by atoms with Gasteiger partial charge in [0.15, 0.2) is 11.6 Å². The zero-order chi connectivity index (χ0) is 32.3. The zero-order valence-electron chi connectivity index (χ0n) is 26.0. The van der Waals surface area contributed by atoms with E-state index in [2.05, 4.69) is 27.7 Å². The number of nitrogens with zero attached hydrogens (tertiary/aromatic N) is 1. The minimum Gasteiger partial charge on any atom is -0.489 e. The van der Waals surface area contributed by atoms with E-state index in [-0.39, 0.29) is 42.0 Å². The van der Waals surface area contributed by atoms with E-state index < -0.39 is 11.9 Å². The second-order valence-electron chi connectivity index (χ2n) is 14.1. The van der Waals surface area contributed by atoms with Crippen LogP contribution in [0.1, 0.15) is 76.8 Å². The fourth-order valence-electron chi connectivity index (χ4n) is 7.31. The number of carboxylic acid groups (broad SMARTS) is 1. The third-order valence-electron chi connectivity index (χ3n) is 9.19. The van der Waals surface area contributed by atoms with Crippen LogP contribution in [0.15, 0.2) is 77.1 Å². The number of Topliss-reactive ketones (excluding diaryl/α,β-unsaturated/α-hetero) is 2. The number of hydrogen-bond acceptors (Lipinski definition) is 5. The summed E-state index contributed by atoms with van der Waals surface area (Å²) in [6, 6.07) is 17.1. The van der Waals surface area contributed by atoms with Crippen molar-refractivity contribution in [2.75, 3.05) is 6.54 Å². The molecule has 6 rings (SSSR count). The highest BCUT2D eigenvalue weighted by atomic mass is 35.5. The fraction of sp³-hybridized carbons (Fsp3) is 0.378. The van der Waals surface area contributed by atoms with E-state index in [1.807, 2.05) is 47.4 Å². The number of carbonyl (C=O) groups excluding carboxylic acids is 2. The van der Waals surface area contributed by atoms with Crippen LogP contribution >= 0.6 is 23.2 Å². The van der Waals surface area contributed by atoms with Gasteiger partial charge in [-0.05, 0) is 52.6 Å². The third-order valence-corrected chi connectivity index (χ3v) is 9.78. The molecule has 234 valence electrons. The number of halogens is 2. The van der Waals surface area contributed by atoms with Crippen LogP contribution in [-0.2, 0) is 21.0 Å². The lowest BCUT2D eigenvalue weighted by Gasteiger charge is -2.49. The Bertz CT molecular complexity index is 1760. The van der Waals surface area contributed by atoms with Crippen LogP contribution < -0.4 is 4.74 Å². The first-order valence-electron chi connectivity index (χ1n) is 15.3. The molecule has 0 unspecified atom stereocenters. The quantitative estimate of drug-likeness (QED) is 0.276. The molecule has 45 heavy (non-hydrogen) atoms. The topological polar surface area (TPSA) is 83.9 Å². The lowest BCUT2D eigenvalue weighted by atomic mass is 9.63.